The zero-order valence-electron chi connectivity index (χ0n) is 17.7. The number of methoxy groups -OCH3 is 2. The minimum Gasteiger partial charge on any atom is -0.494 e. The van der Waals surface area contributed by atoms with Gasteiger partial charge in [0.1, 0.15) is 17.3 Å². The van der Waals surface area contributed by atoms with Crippen molar-refractivity contribution >= 4 is 28.2 Å². The fourth-order valence-electron chi connectivity index (χ4n) is 3.90. The topological polar surface area (TPSA) is 121 Å². The molecule has 1 N–H and O–H groups in total. The third kappa shape index (κ3) is 3.67. The molecule has 3 aromatic rings. The van der Waals surface area contributed by atoms with Gasteiger partial charge in [0.05, 0.1) is 42.6 Å². The van der Waals surface area contributed by atoms with Gasteiger partial charge in [-0.25, -0.2) is 4.98 Å². The summed E-state index contributed by atoms with van der Waals surface area (Å²) in [4.78, 5) is 38.9. The lowest BCUT2D eigenvalue weighted by atomic mass is 9.95. The number of hydrogen-bond donors (Lipinski definition) is 1. The van der Waals surface area contributed by atoms with Crippen molar-refractivity contribution in [1.29, 1.82) is 5.26 Å². The Morgan fingerprint density at radius 3 is 2.56 bits per heavy atom. The number of carbonyl (C=O) groups is 2. The summed E-state index contributed by atoms with van der Waals surface area (Å²) in [6.45, 7) is 0.699. The molecule has 0 radical (unpaired) electrons. The Balaban J connectivity index is 1.56. The molecule has 0 bridgehead atoms. The van der Waals surface area contributed by atoms with Gasteiger partial charge in [-0.2, -0.15) is 5.26 Å². The summed E-state index contributed by atoms with van der Waals surface area (Å²) in [5, 5.41) is 10.1. The number of pyridine rings is 2. The van der Waals surface area contributed by atoms with E-state index in [4.69, 9.17) is 9.47 Å². The van der Waals surface area contributed by atoms with Crippen LogP contribution in [0.25, 0.3) is 16.5 Å². The Hall–Kier alpha value is -4.19. The number of piperidine rings is 1. The second kappa shape index (κ2) is 8.89. The highest BCUT2D eigenvalue weighted by molar-refractivity contribution is 6.45. The summed E-state index contributed by atoms with van der Waals surface area (Å²) in [5.74, 6) is -0.561. The van der Waals surface area contributed by atoms with Crippen molar-refractivity contribution in [3.63, 3.8) is 0 Å². The maximum atomic E-state index is 13.1. The van der Waals surface area contributed by atoms with Crippen molar-refractivity contribution in [1.82, 2.24) is 19.9 Å². The highest BCUT2D eigenvalue weighted by atomic mass is 16.5. The number of nitrogens with one attached hydrogen (secondary N) is 1. The van der Waals surface area contributed by atoms with Gasteiger partial charge >= 0.3 is 0 Å². The van der Waals surface area contributed by atoms with Crippen LogP contribution >= 0.6 is 0 Å². The number of amides is 1. The molecule has 0 spiro atoms. The molecule has 32 heavy (non-hydrogen) atoms. The molecule has 3 aromatic heterocycles. The Labute approximate surface area is 184 Å². The lowest BCUT2D eigenvalue weighted by molar-refractivity contribution is -0.126. The first-order chi connectivity index (χ1) is 15.6. The Morgan fingerprint density at radius 2 is 1.94 bits per heavy atom. The normalized spacial score (nSPS) is 13.5. The number of rotatable bonds is 5. The first kappa shape index (κ1) is 21.1. The highest BCUT2D eigenvalue weighted by Gasteiger charge is 2.30. The van der Waals surface area contributed by atoms with Gasteiger partial charge in [-0.1, -0.05) is 6.07 Å². The second-order valence-electron chi connectivity index (χ2n) is 7.21. The average molecular weight is 431 g/mol. The molecule has 0 aromatic carbocycles. The largest absolute Gasteiger partial charge is 0.494 e. The fraction of sp³-hybridized carbons (Fsp3) is 0.261. The molecular weight excluding hydrogens is 410 g/mol. The fourth-order valence-corrected chi connectivity index (χ4v) is 3.90. The first-order valence-corrected chi connectivity index (χ1v) is 10.0. The Kier molecular flexibility index (Phi) is 5.85. The molecule has 1 aliphatic heterocycles. The SMILES string of the molecule is COc1ncc(OC)c2c(C(=O)C(=O)N3CCC(=C(C#N)c4ccccn4)CC3)c[nH]c12. The quantitative estimate of drug-likeness (QED) is 0.374. The van der Waals surface area contributed by atoms with Crippen molar-refractivity contribution < 1.29 is 19.1 Å². The number of aromatic nitrogens is 3. The lowest BCUT2D eigenvalue weighted by Gasteiger charge is -2.28. The maximum absolute atomic E-state index is 13.1. The molecular formula is C23H21N5O4. The van der Waals surface area contributed by atoms with Gasteiger partial charge in [0, 0.05) is 25.5 Å². The summed E-state index contributed by atoms with van der Waals surface area (Å²) < 4.78 is 10.6. The number of nitrogens with zero attached hydrogens (tertiary/aromatic N) is 4. The van der Waals surface area contributed by atoms with Crippen molar-refractivity contribution in [3.05, 3.63) is 53.6 Å². The third-order valence-electron chi connectivity index (χ3n) is 5.53. The number of carbonyl (C=O) groups excluding carboxylic acids is 2. The molecule has 0 atom stereocenters. The molecule has 162 valence electrons. The molecule has 4 heterocycles. The van der Waals surface area contributed by atoms with E-state index in [0.29, 0.717) is 59.7 Å². The number of H-pyrrole nitrogens is 1. The molecule has 1 fully saturated rings. The van der Waals surface area contributed by atoms with Crippen LogP contribution in [-0.2, 0) is 4.79 Å². The minimum atomic E-state index is -0.638. The van der Waals surface area contributed by atoms with Crippen LogP contribution < -0.4 is 9.47 Å². The van der Waals surface area contributed by atoms with Gasteiger partial charge in [-0.15, -0.1) is 0 Å². The number of hydrogen-bond acceptors (Lipinski definition) is 7. The van der Waals surface area contributed by atoms with Gasteiger partial charge in [-0.3, -0.25) is 14.6 Å². The van der Waals surface area contributed by atoms with Gasteiger partial charge in [0.15, 0.2) is 0 Å². The Bertz CT molecular complexity index is 1250. The maximum Gasteiger partial charge on any atom is 0.295 e. The number of fused-ring (bicyclic) bond motifs is 1. The van der Waals surface area contributed by atoms with E-state index in [1.807, 2.05) is 6.07 Å². The number of likely N-dealkylation sites (tertiary alicyclic amines) is 1. The number of aromatic amines is 1. The van der Waals surface area contributed by atoms with Crippen molar-refractivity contribution in [2.24, 2.45) is 0 Å². The molecule has 4 rings (SSSR count). The first-order valence-electron chi connectivity index (χ1n) is 10.0. The molecule has 1 aliphatic rings. The van der Waals surface area contributed by atoms with E-state index < -0.39 is 11.7 Å². The standard InChI is InChI=1S/C23H21N5O4/c1-31-18-13-27-22(32-2)20-19(18)16(12-26-20)21(29)23(30)28-9-6-14(7-10-28)15(11-24)17-5-3-4-8-25-17/h3-5,8,12-13,26H,6-7,9-10H2,1-2H3. The summed E-state index contributed by atoms with van der Waals surface area (Å²) in [5.41, 5.74) is 2.78. The molecule has 0 aliphatic carbocycles. The van der Waals surface area contributed by atoms with E-state index in [1.165, 1.54) is 31.5 Å². The number of ether oxygens (including phenoxy) is 2. The summed E-state index contributed by atoms with van der Waals surface area (Å²) in [6.07, 6.45) is 5.59. The summed E-state index contributed by atoms with van der Waals surface area (Å²) >= 11 is 0. The van der Waals surface area contributed by atoms with Gasteiger partial charge < -0.3 is 19.4 Å². The van der Waals surface area contributed by atoms with Crippen LogP contribution in [0.2, 0.25) is 0 Å². The van der Waals surface area contributed by atoms with E-state index in [1.54, 1.807) is 18.3 Å². The average Bonchev–Trinajstić information content (AvgIpc) is 3.29. The summed E-state index contributed by atoms with van der Waals surface area (Å²) in [6, 6.07) is 7.65. The number of allylic oxidation sites excluding steroid dienone is 1. The van der Waals surface area contributed by atoms with Crippen molar-refractivity contribution in [2.45, 2.75) is 12.8 Å². The van der Waals surface area contributed by atoms with Crippen molar-refractivity contribution in [3.8, 4) is 17.7 Å². The number of Topliss-reactive ketones (excluding diaryl/α,β-unsaturated/α-hetero) is 1. The molecule has 9 heteroatoms. The molecule has 9 nitrogen and oxygen atoms in total. The van der Waals surface area contributed by atoms with Gasteiger partial charge in [0.2, 0.25) is 5.88 Å². The molecule has 1 saturated heterocycles. The van der Waals surface area contributed by atoms with Gasteiger partial charge in [0.25, 0.3) is 11.7 Å². The third-order valence-corrected chi connectivity index (χ3v) is 5.53. The lowest BCUT2D eigenvalue weighted by Crippen LogP contribution is -2.40. The van der Waals surface area contributed by atoms with Crippen LogP contribution in [0.5, 0.6) is 11.6 Å². The van der Waals surface area contributed by atoms with Gasteiger partial charge in [-0.05, 0) is 30.5 Å². The monoisotopic (exact) mass is 431 g/mol. The Morgan fingerprint density at radius 1 is 1.16 bits per heavy atom. The number of nitriles is 1. The molecule has 0 unspecified atom stereocenters. The second-order valence-corrected chi connectivity index (χ2v) is 7.21. The molecule has 1 amide bonds. The van der Waals surface area contributed by atoms with Crippen LogP contribution in [0.1, 0.15) is 28.9 Å². The zero-order valence-corrected chi connectivity index (χ0v) is 17.7. The predicted octanol–water partition coefficient (Wildman–Crippen LogP) is 2.76. The summed E-state index contributed by atoms with van der Waals surface area (Å²) in [7, 11) is 2.94. The van der Waals surface area contributed by atoms with E-state index in [9.17, 15) is 14.9 Å². The zero-order chi connectivity index (χ0) is 22.7. The highest BCUT2D eigenvalue weighted by Crippen LogP contribution is 2.34. The van der Waals surface area contributed by atoms with E-state index >= 15 is 0 Å². The van der Waals surface area contributed by atoms with E-state index in [0.717, 1.165) is 5.57 Å². The predicted molar refractivity (Wildman–Crippen MR) is 116 cm³/mol. The van der Waals surface area contributed by atoms with Crippen LogP contribution in [0.3, 0.4) is 0 Å². The minimum absolute atomic E-state index is 0.204. The van der Waals surface area contributed by atoms with Crippen LogP contribution in [0.4, 0.5) is 0 Å². The van der Waals surface area contributed by atoms with Crippen LogP contribution in [0, 0.1) is 11.3 Å². The molecule has 0 saturated carbocycles. The van der Waals surface area contributed by atoms with Crippen LogP contribution in [-0.4, -0.2) is 58.9 Å². The number of ketones is 1. The van der Waals surface area contributed by atoms with E-state index in [-0.39, 0.29) is 5.56 Å². The smallest absolute Gasteiger partial charge is 0.295 e. The van der Waals surface area contributed by atoms with Crippen LogP contribution in [0.15, 0.2) is 42.4 Å². The van der Waals surface area contributed by atoms with E-state index in [2.05, 4.69) is 21.0 Å². The van der Waals surface area contributed by atoms with Crippen molar-refractivity contribution in [2.75, 3.05) is 27.3 Å².